The lowest BCUT2D eigenvalue weighted by atomic mass is 10.2. The van der Waals surface area contributed by atoms with E-state index in [9.17, 15) is 14.5 Å². The SMILES string of the molecule is Cc1ccc2cccc(Oc3ncnc(Nc4ccc(F)cc4)c3[N+](=O)[O-])c2n1. The first kappa shape index (κ1) is 18.2. The van der Waals surface area contributed by atoms with Gasteiger partial charge in [-0.3, -0.25) is 10.1 Å². The number of benzene rings is 2. The Morgan fingerprint density at radius 2 is 1.86 bits per heavy atom. The monoisotopic (exact) mass is 391 g/mol. The summed E-state index contributed by atoms with van der Waals surface area (Å²) >= 11 is 0. The molecule has 1 N–H and O–H groups in total. The fraction of sp³-hybridized carbons (Fsp3) is 0.0500. The summed E-state index contributed by atoms with van der Waals surface area (Å²) in [6, 6.07) is 14.4. The number of hydrogen-bond acceptors (Lipinski definition) is 7. The van der Waals surface area contributed by atoms with E-state index in [-0.39, 0.29) is 11.7 Å². The highest BCUT2D eigenvalue weighted by Crippen LogP contribution is 2.37. The Balaban J connectivity index is 1.76. The summed E-state index contributed by atoms with van der Waals surface area (Å²) in [6.45, 7) is 1.84. The number of fused-ring (bicyclic) bond motifs is 1. The molecule has 0 aliphatic rings. The number of nitrogens with one attached hydrogen (secondary N) is 1. The van der Waals surface area contributed by atoms with Crippen molar-refractivity contribution in [1.29, 1.82) is 0 Å². The number of halogens is 1. The van der Waals surface area contributed by atoms with Gasteiger partial charge in [-0.1, -0.05) is 18.2 Å². The molecule has 8 nitrogen and oxygen atoms in total. The number of anilines is 2. The fourth-order valence-corrected chi connectivity index (χ4v) is 2.77. The van der Waals surface area contributed by atoms with Crippen molar-refractivity contribution in [3.05, 3.63) is 82.6 Å². The summed E-state index contributed by atoms with van der Waals surface area (Å²) in [5, 5.41) is 15.4. The van der Waals surface area contributed by atoms with Gasteiger partial charge < -0.3 is 10.1 Å². The summed E-state index contributed by atoms with van der Waals surface area (Å²) in [4.78, 5) is 23.4. The van der Waals surface area contributed by atoms with Crippen molar-refractivity contribution in [2.45, 2.75) is 6.92 Å². The highest BCUT2D eigenvalue weighted by Gasteiger charge is 2.26. The molecule has 144 valence electrons. The second-order valence-electron chi connectivity index (χ2n) is 6.15. The van der Waals surface area contributed by atoms with Crippen LogP contribution in [0.1, 0.15) is 5.69 Å². The quantitative estimate of drug-likeness (QED) is 0.380. The maximum Gasteiger partial charge on any atom is 0.373 e. The first-order chi connectivity index (χ1) is 14.0. The molecule has 0 fully saturated rings. The smallest absolute Gasteiger partial charge is 0.373 e. The second kappa shape index (κ2) is 7.47. The van der Waals surface area contributed by atoms with Gasteiger partial charge in [-0.15, -0.1) is 0 Å². The van der Waals surface area contributed by atoms with Crippen molar-refractivity contribution in [1.82, 2.24) is 15.0 Å². The topological polar surface area (TPSA) is 103 Å². The van der Waals surface area contributed by atoms with Crippen molar-refractivity contribution in [3.8, 4) is 11.6 Å². The van der Waals surface area contributed by atoms with Gasteiger partial charge in [0.1, 0.15) is 17.7 Å². The highest BCUT2D eigenvalue weighted by atomic mass is 19.1. The molecule has 0 saturated carbocycles. The number of hydrogen-bond donors (Lipinski definition) is 1. The maximum atomic E-state index is 13.1. The fourth-order valence-electron chi connectivity index (χ4n) is 2.77. The average molecular weight is 391 g/mol. The number of rotatable bonds is 5. The number of ether oxygens (including phenoxy) is 1. The largest absolute Gasteiger partial charge is 0.431 e. The van der Waals surface area contributed by atoms with Crippen LogP contribution in [0.25, 0.3) is 10.9 Å². The zero-order chi connectivity index (χ0) is 20.4. The molecule has 0 atom stereocenters. The van der Waals surface area contributed by atoms with Crippen LogP contribution in [-0.2, 0) is 0 Å². The lowest BCUT2D eigenvalue weighted by Gasteiger charge is -2.11. The number of aryl methyl sites for hydroxylation is 1. The third-order valence-corrected chi connectivity index (χ3v) is 4.11. The third kappa shape index (κ3) is 3.79. The molecule has 0 radical (unpaired) electrons. The van der Waals surface area contributed by atoms with Crippen molar-refractivity contribution in [2.24, 2.45) is 0 Å². The van der Waals surface area contributed by atoms with Gasteiger partial charge in [-0.25, -0.2) is 14.4 Å². The number of para-hydroxylation sites is 1. The number of nitro groups is 1. The van der Waals surface area contributed by atoms with Gasteiger partial charge in [-0.2, -0.15) is 4.98 Å². The molecular weight excluding hydrogens is 377 g/mol. The predicted molar refractivity (Wildman–Crippen MR) is 105 cm³/mol. The van der Waals surface area contributed by atoms with E-state index in [4.69, 9.17) is 4.74 Å². The number of pyridine rings is 1. The Hall–Kier alpha value is -4.14. The zero-order valence-electron chi connectivity index (χ0n) is 15.2. The Morgan fingerprint density at radius 1 is 1.07 bits per heavy atom. The van der Waals surface area contributed by atoms with Crippen LogP contribution in [-0.4, -0.2) is 19.9 Å². The van der Waals surface area contributed by atoms with E-state index in [1.807, 2.05) is 25.1 Å². The van der Waals surface area contributed by atoms with Crippen LogP contribution in [0.3, 0.4) is 0 Å². The van der Waals surface area contributed by atoms with Crippen molar-refractivity contribution in [3.63, 3.8) is 0 Å². The molecule has 0 amide bonds. The zero-order valence-corrected chi connectivity index (χ0v) is 15.2. The summed E-state index contributed by atoms with van der Waals surface area (Å²) < 4.78 is 18.9. The van der Waals surface area contributed by atoms with Crippen LogP contribution < -0.4 is 10.1 Å². The molecule has 2 aromatic carbocycles. The molecule has 0 aliphatic heterocycles. The summed E-state index contributed by atoms with van der Waals surface area (Å²) in [6.07, 6.45) is 1.15. The summed E-state index contributed by atoms with van der Waals surface area (Å²) in [7, 11) is 0. The Labute approximate surface area is 164 Å². The lowest BCUT2D eigenvalue weighted by Crippen LogP contribution is -2.04. The standard InChI is InChI=1S/C20H14FN5O3/c1-12-5-6-13-3-2-4-16(17(13)24-12)29-20-18(26(27)28)19(22-11-23-20)25-15-9-7-14(21)8-10-15/h2-11H,1H3,(H,22,23,25). The molecule has 29 heavy (non-hydrogen) atoms. The van der Waals surface area contributed by atoms with Crippen LogP contribution in [0.15, 0.2) is 60.9 Å². The van der Waals surface area contributed by atoms with E-state index in [0.29, 0.717) is 17.0 Å². The highest BCUT2D eigenvalue weighted by molar-refractivity contribution is 5.85. The van der Waals surface area contributed by atoms with E-state index in [1.165, 1.54) is 24.3 Å². The molecule has 0 unspecified atom stereocenters. The Bertz CT molecular complexity index is 1210. The van der Waals surface area contributed by atoms with Gasteiger partial charge in [0, 0.05) is 16.8 Å². The molecule has 2 aromatic heterocycles. The minimum absolute atomic E-state index is 0.0732. The van der Waals surface area contributed by atoms with Crippen LogP contribution in [0, 0.1) is 22.9 Å². The molecule has 0 aliphatic carbocycles. The van der Waals surface area contributed by atoms with Crippen LogP contribution in [0.4, 0.5) is 21.6 Å². The van der Waals surface area contributed by atoms with Gasteiger partial charge in [-0.05, 0) is 43.3 Å². The molecule has 0 spiro atoms. The second-order valence-corrected chi connectivity index (χ2v) is 6.15. The summed E-state index contributed by atoms with van der Waals surface area (Å²) in [5.74, 6) is -0.391. The van der Waals surface area contributed by atoms with Gasteiger partial charge in [0.25, 0.3) is 0 Å². The van der Waals surface area contributed by atoms with Crippen LogP contribution >= 0.6 is 0 Å². The Kier molecular flexibility index (Phi) is 4.70. The maximum absolute atomic E-state index is 13.1. The van der Waals surface area contributed by atoms with Gasteiger partial charge in [0.05, 0.1) is 4.92 Å². The molecule has 4 aromatic rings. The molecule has 2 heterocycles. The molecule has 0 saturated heterocycles. The normalized spacial score (nSPS) is 10.7. The first-order valence-electron chi connectivity index (χ1n) is 8.57. The van der Waals surface area contributed by atoms with Crippen LogP contribution in [0.2, 0.25) is 0 Å². The minimum Gasteiger partial charge on any atom is -0.431 e. The minimum atomic E-state index is -0.634. The van der Waals surface area contributed by atoms with Crippen molar-refractivity contribution in [2.75, 3.05) is 5.32 Å². The predicted octanol–water partition coefficient (Wildman–Crippen LogP) is 4.92. The number of nitrogens with zero attached hydrogens (tertiary/aromatic N) is 4. The van der Waals surface area contributed by atoms with E-state index < -0.39 is 16.4 Å². The third-order valence-electron chi connectivity index (χ3n) is 4.11. The van der Waals surface area contributed by atoms with E-state index >= 15 is 0 Å². The molecule has 0 bridgehead atoms. The van der Waals surface area contributed by atoms with Gasteiger partial charge in [0.2, 0.25) is 5.82 Å². The van der Waals surface area contributed by atoms with Gasteiger partial charge >= 0.3 is 11.6 Å². The van der Waals surface area contributed by atoms with Crippen molar-refractivity contribution >= 4 is 28.1 Å². The Morgan fingerprint density at radius 3 is 2.62 bits per heavy atom. The molecule has 4 rings (SSSR count). The summed E-state index contributed by atoms with van der Waals surface area (Å²) in [5.41, 5.74) is 1.33. The van der Waals surface area contributed by atoms with E-state index in [1.54, 1.807) is 12.1 Å². The molecule has 9 heteroatoms. The lowest BCUT2D eigenvalue weighted by molar-refractivity contribution is -0.385. The average Bonchev–Trinajstić information content (AvgIpc) is 2.70. The van der Waals surface area contributed by atoms with Gasteiger partial charge in [0.15, 0.2) is 5.75 Å². The number of aromatic nitrogens is 3. The first-order valence-corrected chi connectivity index (χ1v) is 8.57. The van der Waals surface area contributed by atoms with Crippen LogP contribution in [0.5, 0.6) is 11.6 Å². The molecular formula is C20H14FN5O3. The van der Waals surface area contributed by atoms with Crippen molar-refractivity contribution < 1.29 is 14.1 Å². The van der Waals surface area contributed by atoms with E-state index in [0.717, 1.165) is 17.4 Å². The van der Waals surface area contributed by atoms with E-state index in [2.05, 4.69) is 20.3 Å².